The summed E-state index contributed by atoms with van der Waals surface area (Å²) in [7, 11) is 0. The van der Waals surface area contributed by atoms with Crippen LogP contribution in [0.15, 0.2) is 18.2 Å². The number of carbonyl (C=O) groups is 3. The normalized spacial score (nSPS) is 11.7. The van der Waals surface area contributed by atoms with Gasteiger partial charge >= 0.3 is 11.9 Å². The second kappa shape index (κ2) is 6.33. The highest BCUT2D eigenvalue weighted by atomic mass is 35.5. The number of carboxylic acids is 1. The first kappa shape index (κ1) is 15.2. The van der Waals surface area contributed by atoms with Crippen molar-refractivity contribution in [1.82, 2.24) is 0 Å². The Hall–Kier alpha value is -1.88. The van der Waals surface area contributed by atoms with Gasteiger partial charge in [0.15, 0.2) is 0 Å². The van der Waals surface area contributed by atoms with Crippen molar-refractivity contribution in [3.63, 3.8) is 0 Å². The average molecular weight is 285 g/mol. The molecule has 0 aliphatic rings. The Kier molecular flexibility index (Phi) is 5.06. The van der Waals surface area contributed by atoms with Crippen LogP contribution < -0.4 is 0 Å². The molecule has 19 heavy (non-hydrogen) atoms. The highest BCUT2D eigenvalue weighted by Crippen LogP contribution is 2.26. The number of rotatable bonds is 5. The molecule has 1 atom stereocenters. The number of carboxylic acid groups (broad SMARTS) is 1. The van der Waals surface area contributed by atoms with E-state index in [-0.39, 0.29) is 22.8 Å². The summed E-state index contributed by atoms with van der Waals surface area (Å²) < 4.78 is 4.80. The summed E-state index contributed by atoms with van der Waals surface area (Å²) in [6.45, 7) is 2.93. The fourth-order valence-electron chi connectivity index (χ4n) is 1.70. The van der Waals surface area contributed by atoms with Gasteiger partial charge in [0, 0.05) is 5.02 Å². The van der Waals surface area contributed by atoms with Gasteiger partial charge < -0.3 is 9.84 Å². The fourth-order valence-corrected chi connectivity index (χ4v) is 1.88. The van der Waals surface area contributed by atoms with Crippen LogP contribution in [0.25, 0.3) is 0 Å². The van der Waals surface area contributed by atoms with Gasteiger partial charge in [0.25, 0.3) is 0 Å². The predicted molar refractivity (Wildman–Crippen MR) is 68.5 cm³/mol. The van der Waals surface area contributed by atoms with Gasteiger partial charge in [-0.05, 0) is 31.5 Å². The molecule has 0 saturated carbocycles. The van der Waals surface area contributed by atoms with Gasteiger partial charge in [-0.25, -0.2) is 4.79 Å². The first-order valence-electron chi connectivity index (χ1n) is 5.58. The molecule has 5 nitrogen and oxygen atoms in total. The number of aromatic carboxylic acids is 1. The molecule has 0 spiro atoms. The van der Waals surface area contributed by atoms with Crippen molar-refractivity contribution in [2.75, 3.05) is 6.61 Å². The largest absolute Gasteiger partial charge is 0.478 e. The lowest BCUT2D eigenvalue weighted by molar-refractivity contribution is -0.147. The van der Waals surface area contributed by atoms with Crippen LogP contribution in [0.4, 0.5) is 0 Å². The molecule has 6 heteroatoms. The van der Waals surface area contributed by atoms with Crippen LogP contribution in [0.1, 0.15) is 35.7 Å². The minimum atomic E-state index is -1.26. The predicted octanol–water partition coefficient (Wildman–Crippen LogP) is 2.27. The summed E-state index contributed by atoms with van der Waals surface area (Å²) in [5.74, 6) is -3.75. The number of hydrogen-bond donors (Lipinski definition) is 1. The number of ether oxygens (including phenoxy) is 1. The van der Waals surface area contributed by atoms with Gasteiger partial charge in [-0.3, -0.25) is 9.59 Å². The van der Waals surface area contributed by atoms with E-state index >= 15 is 0 Å². The van der Waals surface area contributed by atoms with Crippen LogP contribution in [0.5, 0.6) is 0 Å². The molecule has 0 amide bonds. The number of Topliss-reactive ketones (excluding diaryl/α,β-unsaturated/α-hetero) is 1. The third-order valence-corrected chi connectivity index (χ3v) is 2.72. The number of hydrogen-bond acceptors (Lipinski definition) is 4. The van der Waals surface area contributed by atoms with Crippen molar-refractivity contribution in [3.05, 3.63) is 34.3 Å². The second-order valence-electron chi connectivity index (χ2n) is 3.83. The van der Waals surface area contributed by atoms with E-state index in [4.69, 9.17) is 21.4 Å². The van der Waals surface area contributed by atoms with Crippen LogP contribution in [0.2, 0.25) is 5.02 Å². The van der Waals surface area contributed by atoms with Crippen LogP contribution in [-0.2, 0) is 14.3 Å². The number of benzene rings is 1. The SMILES string of the molecule is CCOC(=O)C(C(C)=O)c1ccc(Cl)cc1C(=O)O. The van der Waals surface area contributed by atoms with Crippen molar-refractivity contribution in [1.29, 1.82) is 0 Å². The minimum absolute atomic E-state index is 0.0860. The summed E-state index contributed by atoms with van der Waals surface area (Å²) in [5.41, 5.74) is -0.0939. The maximum atomic E-state index is 11.8. The monoisotopic (exact) mass is 284 g/mol. The lowest BCUT2D eigenvalue weighted by Crippen LogP contribution is -2.24. The van der Waals surface area contributed by atoms with Crippen LogP contribution >= 0.6 is 11.6 Å². The molecule has 0 aliphatic carbocycles. The number of ketones is 1. The molecule has 1 rings (SSSR count). The van der Waals surface area contributed by atoms with Gasteiger partial charge in [-0.15, -0.1) is 0 Å². The van der Waals surface area contributed by atoms with E-state index in [0.717, 1.165) is 0 Å². The van der Waals surface area contributed by atoms with Crippen molar-refractivity contribution in [3.8, 4) is 0 Å². The highest BCUT2D eigenvalue weighted by Gasteiger charge is 2.30. The summed E-state index contributed by atoms with van der Waals surface area (Å²) in [5, 5.41) is 9.33. The Bertz CT molecular complexity index is 524. The van der Waals surface area contributed by atoms with Crippen molar-refractivity contribution in [2.45, 2.75) is 19.8 Å². The van der Waals surface area contributed by atoms with E-state index < -0.39 is 23.6 Å². The van der Waals surface area contributed by atoms with E-state index in [9.17, 15) is 14.4 Å². The molecule has 1 N–H and O–H groups in total. The first-order chi connectivity index (χ1) is 8.88. The van der Waals surface area contributed by atoms with E-state index in [2.05, 4.69) is 0 Å². The Morgan fingerprint density at radius 1 is 1.37 bits per heavy atom. The molecule has 0 aliphatic heterocycles. The van der Waals surface area contributed by atoms with Gasteiger partial charge in [0.05, 0.1) is 12.2 Å². The third-order valence-electron chi connectivity index (χ3n) is 2.49. The van der Waals surface area contributed by atoms with E-state index in [1.165, 1.54) is 25.1 Å². The van der Waals surface area contributed by atoms with Crippen LogP contribution in [0, 0.1) is 0 Å². The zero-order chi connectivity index (χ0) is 14.6. The van der Waals surface area contributed by atoms with Crippen molar-refractivity contribution < 1.29 is 24.2 Å². The van der Waals surface area contributed by atoms with E-state index in [0.29, 0.717) is 0 Å². The lowest BCUT2D eigenvalue weighted by atomic mass is 9.91. The molecule has 1 unspecified atom stereocenters. The molecule has 0 fully saturated rings. The number of halogens is 1. The van der Waals surface area contributed by atoms with Gasteiger partial charge in [-0.2, -0.15) is 0 Å². The second-order valence-corrected chi connectivity index (χ2v) is 4.27. The topological polar surface area (TPSA) is 80.7 Å². The van der Waals surface area contributed by atoms with Crippen LogP contribution in [0.3, 0.4) is 0 Å². The molecule has 1 aromatic rings. The Balaban J connectivity index is 3.34. The van der Waals surface area contributed by atoms with Crippen molar-refractivity contribution >= 4 is 29.3 Å². The molecule has 0 saturated heterocycles. The number of carbonyl (C=O) groups excluding carboxylic acids is 2. The van der Waals surface area contributed by atoms with Crippen molar-refractivity contribution in [2.24, 2.45) is 0 Å². The Labute approximate surface area is 115 Å². The van der Waals surface area contributed by atoms with Gasteiger partial charge in [0.2, 0.25) is 0 Å². The maximum Gasteiger partial charge on any atom is 0.336 e. The summed E-state index contributed by atoms with van der Waals surface area (Å²) >= 11 is 5.72. The van der Waals surface area contributed by atoms with Crippen LogP contribution in [-0.4, -0.2) is 29.4 Å². The smallest absolute Gasteiger partial charge is 0.336 e. The van der Waals surface area contributed by atoms with E-state index in [1.807, 2.05) is 0 Å². The highest BCUT2D eigenvalue weighted by molar-refractivity contribution is 6.31. The molecule has 0 bridgehead atoms. The molecule has 1 aromatic carbocycles. The molecule has 102 valence electrons. The summed E-state index contributed by atoms with van der Waals surface area (Å²) in [6, 6.07) is 3.99. The fraction of sp³-hybridized carbons (Fsp3) is 0.308. The minimum Gasteiger partial charge on any atom is -0.478 e. The Morgan fingerprint density at radius 3 is 2.47 bits per heavy atom. The van der Waals surface area contributed by atoms with Gasteiger partial charge in [-0.1, -0.05) is 17.7 Å². The maximum absolute atomic E-state index is 11.8. The Morgan fingerprint density at radius 2 is 2.00 bits per heavy atom. The van der Waals surface area contributed by atoms with Gasteiger partial charge in [0.1, 0.15) is 11.7 Å². The number of esters is 1. The average Bonchev–Trinajstić information content (AvgIpc) is 2.31. The van der Waals surface area contributed by atoms with E-state index in [1.54, 1.807) is 6.92 Å². The third kappa shape index (κ3) is 3.54. The zero-order valence-electron chi connectivity index (χ0n) is 10.5. The molecule has 0 heterocycles. The molecule has 0 aromatic heterocycles. The summed E-state index contributed by atoms with van der Waals surface area (Å²) in [4.78, 5) is 34.5. The zero-order valence-corrected chi connectivity index (χ0v) is 11.2. The molecule has 0 radical (unpaired) electrons. The quantitative estimate of drug-likeness (QED) is 0.663. The molecular weight excluding hydrogens is 272 g/mol. The summed E-state index contributed by atoms with van der Waals surface area (Å²) in [6.07, 6.45) is 0. The standard InChI is InChI=1S/C13H13ClO5/c1-3-19-13(18)11(7(2)15)9-5-4-8(14)6-10(9)12(16)17/h4-6,11H,3H2,1-2H3,(H,16,17). The first-order valence-corrected chi connectivity index (χ1v) is 5.96. The lowest BCUT2D eigenvalue weighted by Gasteiger charge is -2.15. The molecular formula is C13H13ClO5.